The monoisotopic (exact) mass is 286 g/mol. The van der Waals surface area contributed by atoms with E-state index in [-0.39, 0.29) is 0 Å². The van der Waals surface area contributed by atoms with Gasteiger partial charge in [-0.05, 0) is 50.8 Å². The molecular formula is C19H30N2. The zero-order valence-electron chi connectivity index (χ0n) is 13.5. The lowest BCUT2D eigenvalue weighted by Crippen LogP contribution is -2.43. The summed E-state index contributed by atoms with van der Waals surface area (Å²) >= 11 is 0. The summed E-state index contributed by atoms with van der Waals surface area (Å²) in [7, 11) is 0. The van der Waals surface area contributed by atoms with Gasteiger partial charge in [0.05, 0.1) is 0 Å². The molecule has 1 aromatic carbocycles. The molecule has 1 saturated carbocycles. The molecule has 2 heteroatoms. The predicted molar refractivity (Wildman–Crippen MR) is 89.4 cm³/mol. The quantitative estimate of drug-likeness (QED) is 0.910. The number of benzene rings is 1. The Morgan fingerprint density at radius 1 is 1.05 bits per heavy atom. The molecule has 1 unspecified atom stereocenters. The van der Waals surface area contributed by atoms with Crippen LogP contribution in [0.25, 0.3) is 0 Å². The lowest BCUT2D eigenvalue weighted by molar-refractivity contribution is 0.201. The predicted octanol–water partition coefficient (Wildman–Crippen LogP) is 3.74. The molecule has 2 fully saturated rings. The van der Waals surface area contributed by atoms with E-state index in [9.17, 15) is 0 Å². The second-order valence-electron chi connectivity index (χ2n) is 7.03. The largest absolute Gasteiger partial charge is 0.312 e. The molecule has 21 heavy (non-hydrogen) atoms. The average Bonchev–Trinajstić information content (AvgIpc) is 2.76. The minimum absolute atomic E-state index is 0.721. The summed E-state index contributed by atoms with van der Waals surface area (Å²) in [5.41, 5.74) is 2.82. The Kier molecular flexibility index (Phi) is 5.32. The van der Waals surface area contributed by atoms with Crippen LogP contribution in [0.15, 0.2) is 24.3 Å². The molecule has 0 radical (unpaired) electrons. The lowest BCUT2D eigenvalue weighted by Gasteiger charge is -2.33. The van der Waals surface area contributed by atoms with Crippen LogP contribution in [0.4, 0.5) is 0 Å². The third kappa shape index (κ3) is 4.31. The van der Waals surface area contributed by atoms with Gasteiger partial charge in [0.1, 0.15) is 0 Å². The van der Waals surface area contributed by atoms with Crippen LogP contribution >= 0.6 is 0 Å². The first kappa shape index (κ1) is 15.1. The highest BCUT2D eigenvalue weighted by atomic mass is 15.2. The van der Waals surface area contributed by atoms with Crippen molar-refractivity contribution in [3.05, 3.63) is 35.4 Å². The van der Waals surface area contributed by atoms with E-state index in [1.165, 1.54) is 69.3 Å². The smallest absolute Gasteiger partial charge is 0.0234 e. The van der Waals surface area contributed by atoms with Gasteiger partial charge < -0.3 is 5.32 Å². The molecule has 2 nitrogen and oxygen atoms in total. The van der Waals surface area contributed by atoms with Crippen molar-refractivity contribution >= 4 is 0 Å². The first-order valence-corrected chi connectivity index (χ1v) is 8.82. The highest BCUT2D eigenvalue weighted by Gasteiger charge is 2.26. The molecule has 0 spiro atoms. The second-order valence-corrected chi connectivity index (χ2v) is 7.03. The second kappa shape index (κ2) is 7.42. The molecule has 1 heterocycles. The van der Waals surface area contributed by atoms with E-state index in [1.54, 1.807) is 0 Å². The molecule has 2 aliphatic rings. The van der Waals surface area contributed by atoms with Crippen molar-refractivity contribution in [2.45, 2.75) is 58.0 Å². The molecule has 1 saturated heterocycles. The van der Waals surface area contributed by atoms with Gasteiger partial charge in [-0.3, -0.25) is 4.90 Å². The molecule has 0 bridgehead atoms. The summed E-state index contributed by atoms with van der Waals surface area (Å²) < 4.78 is 0. The highest BCUT2D eigenvalue weighted by Crippen LogP contribution is 2.27. The Hall–Kier alpha value is -0.860. The molecule has 1 aromatic rings. The van der Waals surface area contributed by atoms with Gasteiger partial charge in [-0.1, -0.05) is 49.1 Å². The minimum Gasteiger partial charge on any atom is -0.312 e. The van der Waals surface area contributed by atoms with Crippen LogP contribution in [-0.4, -0.2) is 30.6 Å². The van der Waals surface area contributed by atoms with Gasteiger partial charge in [-0.25, -0.2) is 0 Å². The molecule has 1 aliphatic carbocycles. The van der Waals surface area contributed by atoms with Gasteiger partial charge in [-0.2, -0.15) is 0 Å². The van der Waals surface area contributed by atoms with Crippen molar-refractivity contribution < 1.29 is 0 Å². The summed E-state index contributed by atoms with van der Waals surface area (Å²) in [5.74, 6) is 0.914. The maximum Gasteiger partial charge on any atom is 0.0234 e. The maximum absolute atomic E-state index is 3.83. The van der Waals surface area contributed by atoms with E-state index in [4.69, 9.17) is 0 Å². The van der Waals surface area contributed by atoms with Gasteiger partial charge in [0.2, 0.25) is 0 Å². The zero-order chi connectivity index (χ0) is 14.5. The van der Waals surface area contributed by atoms with Crippen LogP contribution in [0.1, 0.15) is 49.7 Å². The maximum atomic E-state index is 3.83. The molecule has 1 aliphatic heterocycles. The summed E-state index contributed by atoms with van der Waals surface area (Å²) in [6.45, 7) is 6.96. The topological polar surface area (TPSA) is 15.3 Å². The normalized spacial score (nSPS) is 25.7. The van der Waals surface area contributed by atoms with Gasteiger partial charge >= 0.3 is 0 Å². The van der Waals surface area contributed by atoms with Crippen molar-refractivity contribution in [3.63, 3.8) is 0 Å². The number of hydrogen-bond donors (Lipinski definition) is 1. The number of aryl methyl sites for hydroxylation is 1. The van der Waals surface area contributed by atoms with E-state index in [0.29, 0.717) is 0 Å². The van der Waals surface area contributed by atoms with E-state index in [1.807, 2.05) is 0 Å². The fraction of sp³-hybridized carbons (Fsp3) is 0.684. The molecule has 0 amide bonds. The summed E-state index contributed by atoms with van der Waals surface area (Å²) in [6, 6.07) is 9.79. The Labute approximate surface area is 129 Å². The van der Waals surface area contributed by atoms with Crippen LogP contribution in [0.2, 0.25) is 0 Å². The van der Waals surface area contributed by atoms with Gasteiger partial charge in [-0.15, -0.1) is 0 Å². The molecule has 116 valence electrons. The molecule has 1 N–H and O–H groups in total. The van der Waals surface area contributed by atoms with Crippen molar-refractivity contribution in [2.75, 3.05) is 19.6 Å². The van der Waals surface area contributed by atoms with E-state index in [0.717, 1.165) is 18.5 Å². The van der Waals surface area contributed by atoms with E-state index in [2.05, 4.69) is 41.4 Å². The van der Waals surface area contributed by atoms with Crippen molar-refractivity contribution in [1.82, 2.24) is 10.2 Å². The number of nitrogens with one attached hydrogen (secondary N) is 1. The Bertz CT molecular complexity index is 420. The fourth-order valence-corrected chi connectivity index (χ4v) is 3.97. The highest BCUT2D eigenvalue weighted by molar-refractivity contribution is 5.21. The number of nitrogens with zero attached hydrogens (tertiary/aromatic N) is 1. The first-order valence-electron chi connectivity index (χ1n) is 8.82. The average molecular weight is 286 g/mol. The molecular weight excluding hydrogens is 256 g/mol. The van der Waals surface area contributed by atoms with Crippen LogP contribution in [0.5, 0.6) is 0 Å². The fourth-order valence-electron chi connectivity index (χ4n) is 3.97. The standard InChI is InChI=1S/C19H30N2/c1-16-8-10-17(11-9-16)14-21-13-5-12-20-19(15-21)18-6-3-2-4-7-18/h8-11,18-20H,2-7,12-15H2,1H3. The van der Waals surface area contributed by atoms with Gasteiger partial charge in [0, 0.05) is 19.1 Å². The zero-order valence-corrected chi connectivity index (χ0v) is 13.5. The number of hydrogen-bond acceptors (Lipinski definition) is 2. The number of rotatable bonds is 3. The van der Waals surface area contributed by atoms with E-state index < -0.39 is 0 Å². The molecule has 0 aromatic heterocycles. The van der Waals surface area contributed by atoms with Crippen LogP contribution in [0, 0.1) is 12.8 Å². The van der Waals surface area contributed by atoms with Crippen molar-refractivity contribution in [2.24, 2.45) is 5.92 Å². The summed E-state index contributed by atoms with van der Waals surface area (Å²) in [4.78, 5) is 2.67. The molecule has 3 rings (SSSR count). The van der Waals surface area contributed by atoms with Crippen LogP contribution < -0.4 is 5.32 Å². The third-order valence-electron chi connectivity index (χ3n) is 5.26. The van der Waals surface area contributed by atoms with Crippen molar-refractivity contribution in [3.8, 4) is 0 Å². The summed E-state index contributed by atoms with van der Waals surface area (Å²) in [5, 5.41) is 3.83. The Morgan fingerprint density at radius 3 is 2.57 bits per heavy atom. The summed E-state index contributed by atoms with van der Waals surface area (Å²) in [6.07, 6.45) is 8.51. The SMILES string of the molecule is Cc1ccc(CN2CCCNC(C3CCCCC3)C2)cc1. The van der Waals surface area contributed by atoms with E-state index >= 15 is 0 Å². The minimum atomic E-state index is 0.721. The Balaban J connectivity index is 1.60. The van der Waals surface area contributed by atoms with Crippen LogP contribution in [0.3, 0.4) is 0 Å². The van der Waals surface area contributed by atoms with Crippen molar-refractivity contribution in [1.29, 1.82) is 0 Å². The third-order valence-corrected chi connectivity index (χ3v) is 5.26. The molecule has 1 atom stereocenters. The Morgan fingerprint density at radius 2 is 1.81 bits per heavy atom. The van der Waals surface area contributed by atoms with Gasteiger partial charge in [0.25, 0.3) is 0 Å². The first-order chi connectivity index (χ1) is 10.3. The van der Waals surface area contributed by atoms with Gasteiger partial charge in [0.15, 0.2) is 0 Å². The lowest BCUT2D eigenvalue weighted by atomic mass is 9.83. The van der Waals surface area contributed by atoms with Crippen LogP contribution in [-0.2, 0) is 6.54 Å².